The second-order valence-electron chi connectivity index (χ2n) is 8.36. The number of nitrogens with two attached hydrogens (primary N) is 1. The quantitative estimate of drug-likeness (QED) is 0.176. The summed E-state index contributed by atoms with van der Waals surface area (Å²) in [7, 11) is 2.74. The number of methoxy groups -OCH3 is 2. The average molecular weight is 571 g/mol. The third-order valence-electron chi connectivity index (χ3n) is 5.83. The number of carbonyl (C=O) groups excluding carboxylic acids is 2. The van der Waals surface area contributed by atoms with E-state index in [4.69, 9.17) is 15.3 Å². The minimum absolute atomic E-state index is 0.0781. The molecule has 3 rings (SSSR count). The number of benzene rings is 2. The highest BCUT2D eigenvalue weighted by atomic mass is 19.4. The second kappa shape index (κ2) is 11.8. The zero-order valence-electron chi connectivity index (χ0n) is 21.2. The van der Waals surface area contributed by atoms with E-state index in [9.17, 15) is 35.9 Å². The maximum atomic E-state index is 13.7. The molecule has 0 aliphatic rings. The summed E-state index contributed by atoms with van der Waals surface area (Å²) in [5.74, 6) is 3.71. The summed E-state index contributed by atoms with van der Waals surface area (Å²) in [4.78, 5) is 35.0. The van der Waals surface area contributed by atoms with E-state index < -0.39 is 46.9 Å². The molecule has 1 heterocycles. The molecule has 0 radical (unpaired) electrons. The van der Waals surface area contributed by atoms with Gasteiger partial charge < -0.3 is 14.4 Å². The smallest absolute Gasteiger partial charge is 0.416 e. The van der Waals surface area contributed by atoms with E-state index in [1.807, 2.05) is 5.43 Å². The fourth-order valence-electron chi connectivity index (χ4n) is 3.85. The minimum Gasteiger partial charge on any atom is -0.493 e. The lowest BCUT2D eigenvalue weighted by atomic mass is 10.0. The Balaban J connectivity index is 2.20. The van der Waals surface area contributed by atoms with E-state index in [1.54, 1.807) is 0 Å². The molecule has 1 aromatic heterocycles. The Labute approximate surface area is 223 Å². The van der Waals surface area contributed by atoms with Gasteiger partial charge >= 0.3 is 12.4 Å². The van der Waals surface area contributed by atoms with E-state index in [0.717, 1.165) is 4.90 Å². The summed E-state index contributed by atoms with van der Waals surface area (Å²) >= 11 is 0. The molecule has 3 N–H and O–H groups in total. The normalized spacial score (nSPS) is 12.4. The van der Waals surface area contributed by atoms with Crippen LogP contribution in [0.5, 0.6) is 11.5 Å². The number of nitrogen functional groups attached to an aromatic ring is 1. The van der Waals surface area contributed by atoms with Crippen LogP contribution in [-0.4, -0.2) is 40.9 Å². The Morgan fingerprint density at radius 2 is 1.50 bits per heavy atom. The fraction of sp³-hybridized carbons (Fsp3) is 0.280. The molecule has 15 heteroatoms. The van der Waals surface area contributed by atoms with Crippen molar-refractivity contribution in [2.75, 3.05) is 14.2 Å². The summed E-state index contributed by atoms with van der Waals surface area (Å²) < 4.78 is 91.5. The van der Waals surface area contributed by atoms with E-state index in [-0.39, 0.29) is 29.7 Å². The number of hydrogen-bond acceptors (Lipinski definition) is 7. The summed E-state index contributed by atoms with van der Waals surface area (Å²) in [6.45, 7) is 1.03. The lowest BCUT2D eigenvalue weighted by Crippen LogP contribution is -2.37. The lowest BCUT2D eigenvalue weighted by Gasteiger charge is -2.30. The number of ether oxygens (including phenoxy) is 2. The molecule has 1 atom stereocenters. The van der Waals surface area contributed by atoms with Crippen molar-refractivity contribution in [2.45, 2.75) is 31.9 Å². The van der Waals surface area contributed by atoms with Gasteiger partial charge in [-0.05, 0) is 42.8 Å². The number of alkyl halides is 6. The molecule has 0 aliphatic heterocycles. The van der Waals surface area contributed by atoms with E-state index >= 15 is 0 Å². The summed E-state index contributed by atoms with van der Waals surface area (Å²) in [6.07, 6.45) is -7.98. The number of rotatable bonds is 8. The SMILES string of the molecule is COc1ccc(CN(C(=O)c2cc(C(F)(F)F)cc(C(F)(F)F)c2)C(C)c2nccnc2C(=O)NN)cc1OC. The number of hydrazine groups is 1. The van der Waals surface area contributed by atoms with Crippen LogP contribution in [-0.2, 0) is 18.9 Å². The highest BCUT2D eigenvalue weighted by Gasteiger charge is 2.38. The van der Waals surface area contributed by atoms with Crippen LogP contribution in [0.1, 0.15) is 56.2 Å². The Kier molecular flexibility index (Phi) is 8.87. The Morgan fingerprint density at radius 1 is 0.925 bits per heavy atom. The number of nitrogens with zero attached hydrogens (tertiary/aromatic N) is 3. The molecule has 1 unspecified atom stereocenters. The molecule has 214 valence electrons. The van der Waals surface area contributed by atoms with Crippen LogP contribution in [0.25, 0.3) is 0 Å². The van der Waals surface area contributed by atoms with Crippen molar-refractivity contribution in [3.05, 3.63) is 82.4 Å². The van der Waals surface area contributed by atoms with Gasteiger partial charge in [0.2, 0.25) is 0 Å². The second-order valence-corrected chi connectivity index (χ2v) is 8.36. The first-order valence-corrected chi connectivity index (χ1v) is 11.3. The first kappa shape index (κ1) is 30.1. The van der Waals surface area contributed by atoms with Gasteiger partial charge in [-0.2, -0.15) is 26.3 Å². The first-order chi connectivity index (χ1) is 18.7. The van der Waals surface area contributed by atoms with Crippen LogP contribution >= 0.6 is 0 Å². The van der Waals surface area contributed by atoms with Crippen LogP contribution in [0.3, 0.4) is 0 Å². The molecule has 2 aromatic carbocycles. The number of amides is 2. The zero-order chi connectivity index (χ0) is 29.8. The molecule has 0 aliphatic carbocycles. The molecule has 40 heavy (non-hydrogen) atoms. The van der Waals surface area contributed by atoms with E-state index in [1.165, 1.54) is 51.7 Å². The summed E-state index contributed by atoms with van der Waals surface area (Å²) in [6, 6.07) is 3.89. The van der Waals surface area contributed by atoms with Crippen molar-refractivity contribution in [1.29, 1.82) is 0 Å². The van der Waals surface area contributed by atoms with Gasteiger partial charge in [-0.3, -0.25) is 20.0 Å². The minimum atomic E-state index is -5.17. The standard InChI is InChI=1S/C25H23F6N5O4/c1-13(20-21(22(37)35-32)34-7-6-33-20)36(12-14-4-5-18(39-2)19(8-14)40-3)23(38)15-9-16(24(26,27)28)11-17(10-15)25(29,30)31/h4-11,13H,12,32H2,1-3H3,(H,35,37). The highest BCUT2D eigenvalue weighted by Crippen LogP contribution is 2.37. The van der Waals surface area contributed by atoms with Gasteiger partial charge in [0.05, 0.1) is 37.1 Å². The number of halogens is 6. The molecule has 0 saturated heterocycles. The third kappa shape index (κ3) is 6.59. The van der Waals surface area contributed by atoms with Crippen molar-refractivity contribution in [3.8, 4) is 11.5 Å². The predicted octanol–water partition coefficient (Wildman–Crippen LogP) is 4.54. The molecule has 9 nitrogen and oxygen atoms in total. The van der Waals surface area contributed by atoms with Crippen molar-refractivity contribution >= 4 is 11.8 Å². The largest absolute Gasteiger partial charge is 0.493 e. The molecule has 0 fully saturated rings. The van der Waals surface area contributed by atoms with Gasteiger partial charge in [0.15, 0.2) is 17.2 Å². The molecular formula is C25H23F6N5O4. The fourth-order valence-corrected chi connectivity index (χ4v) is 3.85. The molecule has 0 bridgehead atoms. The van der Waals surface area contributed by atoms with E-state index in [2.05, 4.69) is 9.97 Å². The van der Waals surface area contributed by atoms with Gasteiger partial charge in [0, 0.05) is 24.5 Å². The van der Waals surface area contributed by atoms with Gasteiger partial charge in [-0.1, -0.05) is 6.07 Å². The Morgan fingerprint density at radius 3 is 2.02 bits per heavy atom. The predicted molar refractivity (Wildman–Crippen MR) is 128 cm³/mol. The number of hydrogen-bond donors (Lipinski definition) is 2. The van der Waals surface area contributed by atoms with Crippen molar-refractivity contribution in [3.63, 3.8) is 0 Å². The topological polar surface area (TPSA) is 120 Å². The lowest BCUT2D eigenvalue weighted by molar-refractivity contribution is -0.143. The molecule has 3 aromatic rings. The van der Waals surface area contributed by atoms with Gasteiger partial charge in [-0.25, -0.2) is 10.8 Å². The third-order valence-corrected chi connectivity index (χ3v) is 5.83. The zero-order valence-corrected chi connectivity index (χ0v) is 21.2. The number of aromatic nitrogens is 2. The van der Waals surface area contributed by atoms with Crippen molar-refractivity contribution in [2.24, 2.45) is 5.84 Å². The van der Waals surface area contributed by atoms with Gasteiger partial charge in [0.1, 0.15) is 0 Å². The average Bonchev–Trinajstić information content (AvgIpc) is 2.93. The Bertz CT molecular complexity index is 1360. The van der Waals surface area contributed by atoms with Crippen LogP contribution < -0.4 is 20.7 Å². The monoisotopic (exact) mass is 571 g/mol. The van der Waals surface area contributed by atoms with Crippen molar-refractivity contribution in [1.82, 2.24) is 20.3 Å². The van der Waals surface area contributed by atoms with Crippen LogP contribution in [0.2, 0.25) is 0 Å². The number of carbonyl (C=O) groups is 2. The highest BCUT2D eigenvalue weighted by molar-refractivity contribution is 5.96. The Hall–Kier alpha value is -4.40. The van der Waals surface area contributed by atoms with Crippen LogP contribution in [0.4, 0.5) is 26.3 Å². The van der Waals surface area contributed by atoms with Crippen molar-refractivity contribution < 1.29 is 45.4 Å². The maximum Gasteiger partial charge on any atom is 0.416 e. The summed E-state index contributed by atoms with van der Waals surface area (Å²) in [5, 5.41) is 0. The summed E-state index contributed by atoms with van der Waals surface area (Å²) in [5.41, 5.74) is -2.37. The first-order valence-electron chi connectivity index (χ1n) is 11.3. The van der Waals surface area contributed by atoms with Gasteiger partial charge in [0.25, 0.3) is 11.8 Å². The molecule has 0 saturated carbocycles. The maximum absolute atomic E-state index is 13.7. The van der Waals surface area contributed by atoms with Gasteiger partial charge in [-0.15, -0.1) is 0 Å². The number of nitrogens with one attached hydrogen (secondary N) is 1. The van der Waals surface area contributed by atoms with E-state index in [0.29, 0.717) is 23.4 Å². The molecule has 2 amide bonds. The molecule has 0 spiro atoms. The van der Waals surface area contributed by atoms with Crippen LogP contribution in [0, 0.1) is 0 Å². The van der Waals surface area contributed by atoms with Crippen LogP contribution in [0.15, 0.2) is 48.8 Å². The molecular weight excluding hydrogens is 548 g/mol.